The number of Topliss-reactive ketones (excluding diaryl/α,β-unsaturated/α-hetero) is 1. The molecule has 5 nitrogen and oxygen atoms in total. The molecule has 0 fully saturated rings. The molecule has 2 aromatic carbocycles. The predicted molar refractivity (Wildman–Crippen MR) is 110 cm³/mol. The number of ether oxygens (including phenoxy) is 1. The maximum Gasteiger partial charge on any atom is 0.277 e. The summed E-state index contributed by atoms with van der Waals surface area (Å²) in [5.74, 6) is 1.49. The second-order valence-corrected chi connectivity index (χ2v) is 7.60. The molecule has 0 aliphatic carbocycles. The second kappa shape index (κ2) is 9.55. The van der Waals surface area contributed by atoms with E-state index < -0.39 is 0 Å². The molecule has 0 radical (unpaired) electrons. The van der Waals surface area contributed by atoms with Crippen molar-refractivity contribution in [3.05, 3.63) is 70.6 Å². The Morgan fingerprint density at radius 2 is 1.89 bits per heavy atom. The van der Waals surface area contributed by atoms with Gasteiger partial charge in [0.15, 0.2) is 12.4 Å². The number of rotatable bonds is 9. The highest BCUT2D eigenvalue weighted by Gasteiger charge is 2.12. The Kier molecular flexibility index (Phi) is 6.87. The van der Waals surface area contributed by atoms with Crippen LogP contribution in [0.4, 0.5) is 0 Å². The van der Waals surface area contributed by atoms with Crippen LogP contribution >= 0.6 is 11.8 Å². The molecule has 3 aromatic rings. The van der Waals surface area contributed by atoms with Gasteiger partial charge in [0.1, 0.15) is 5.75 Å². The van der Waals surface area contributed by atoms with Crippen LogP contribution in [0.5, 0.6) is 5.75 Å². The predicted octanol–water partition coefficient (Wildman–Crippen LogP) is 5.19. The number of hydrogen-bond donors (Lipinski definition) is 0. The molecule has 0 saturated heterocycles. The number of ketones is 1. The summed E-state index contributed by atoms with van der Waals surface area (Å²) in [6.07, 6.45) is 2.12. The van der Waals surface area contributed by atoms with Gasteiger partial charge in [0.2, 0.25) is 0 Å². The van der Waals surface area contributed by atoms with Gasteiger partial charge in [-0.1, -0.05) is 61.5 Å². The first-order valence-electron chi connectivity index (χ1n) is 9.32. The minimum absolute atomic E-state index is 0.0411. The van der Waals surface area contributed by atoms with Crippen LogP contribution in [0.2, 0.25) is 0 Å². The molecule has 1 aromatic heterocycles. The molecule has 3 rings (SSSR count). The van der Waals surface area contributed by atoms with E-state index in [2.05, 4.69) is 17.1 Å². The molecule has 0 atom stereocenters. The normalized spacial score (nSPS) is 10.8. The Balaban J connectivity index is 1.51. The van der Waals surface area contributed by atoms with Crippen LogP contribution in [0, 0.1) is 13.8 Å². The Morgan fingerprint density at radius 1 is 1.11 bits per heavy atom. The highest BCUT2D eigenvalue weighted by molar-refractivity contribution is 7.99. The Labute approximate surface area is 169 Å². The Hall–Kier alpha value is -2.60. The summed E-state index contributed by atoms with van der Waals surface area (Å²) >= 11 is 1.24. The topological polar surface area (TPSA) is 65.2 Å². The second-order valence-electron chi connectivity index (χ2n) is 6.68. The van der Waals surface area contributed by atoms with E-state index in [-0.39, 0.29) is 18.1 Å². The van der Waals surface area contributed by atoms with Crippen molar-refractivity contribution >= 4 is 17.5 Å². The third-order valence-corrected chi connectivity index (χ3v) is 5.10. The van der Waals surface area contributed by atoms with Gasteiger partial charge in [-0.2, -0.15) is 0 Å². The van der Waals surface area contributed by atoms with Crippen LogP contribution in [-0.2, 0) is 13.0 Å². The van der Waals surface area contributed by atoms with Crippen molar-refractivity contribution < 1.29 is 13.9 Å². The van der Waals surface area contributed by atoms with E-state index >= 15 is 0 Å². The van der Waals surface area contributed by atoms with Gasteiger partial charge in [0.25, 0.3) is 11.1 Å². The molecule has 0 N–H and O–H groups in total. The van der Waals surface area contributed by atoms with Gasteiger partial charge in [0, 0.05) is 5.56 Å². The van der Waals surface area contributed by atoms with Crippen LogP contribution in [0.25, 0.3) is 0 Å². The Bertz CT molecular complexity index is 935. The van der Waals surface area contributed by atoms with Crippen LogP contribution in [-0.4, -0.2) is 21.7 Å². The number of carbonyl (C=O) groups excluding carboxylic acids is 1. The molecule has 0 unspecified atom stereocenters. The van der Waals surface area contributed by atoms with Crippen molar-refractivity contribution in [2.75, 3.05) is 5.75 Å². The molecule has 28 heavy (non-hydrogen) atoms. The smallest absolute Gasteiger partial charge is 0.277 e. The lowest BCUT2D eigenvalue weighted by atomic mass is 10.1. The number of nitrogens with zero attached hydrogens (tertiary/aromatic N) is 2. The zero-order chi connectivity index (χ0) is 19.9. The number of hydrogen-bond acceptors (Lipinski definition) is 6. The van der Waals surface area contributed by atoms with Crippen LogP contribution in [0.15, 0.2) is 52.1 Å². The number of aromatic nitrogens is 2. The SMILES string of the molecule is CCCc1ccc(C(=O)CSc2nnc(COc3cc(C)ccc3C)o2)cc1. The average Bonchev–Trinajstić information content (AvgIpc) is 3.15. The summed E-state index contributed by atoms with van der Waals surface area (Å²) in [4.78, 5) is 12.3. The molecule has 1 heterocycles. The molecular formula is C22H24N2O3S. The average molecular weight is 397 g/mol. The van der Waals surface area contributed by atoms with Gasteiger partial charge < -0.3 is 9.15 Å². The van der Waals surface area contributed by atoms with E-state index in [0.29, 0.717) is 16.7 Å². The summed E-state index contributed by atoms with van der Waals surface area (Å²) in [5.41, 5.74) is 4.13. The fraction of sp³-hybridized carbons (Fsp3) is 0.318. The summed E-state index contributed by atoms with van der Waals surface area (Å²) in [5, 5.41) is 8.35. The summed E-state index contributed by atoms with van der Waals surface area (Å²) in [7, 11) is 0. The molecule has 6 heteroatoms. The standard InChI is InChI=1S/C22H24N2O3S/c1-4-5-17-8-10-18(11-9-17)19(25)14-28-22-24-23-21(27-22)13-26-20-12-15(2)6-7-16(20)3/h6-12H,4-5,13-14H2,1-3H3. The minimum atomic E-state index is 0.0411. The molecule has 0 aliphatic heterocycles. The van der Waals surface area contributed by atoms with Crippen molar-refractivity contribution in [1.29, 1.82) is 0 Å². The van der Waals surface area contributed by atoms with Crippen molar-refractivity contribution in [2.45, 2.75) is 45.4 Å². The van der Waals surface area contributed by atoms with Crippen molar-refractivity contribution in [3.8, 4) is 5.75 Å². The first kappa shape index (κ1) is 20.1. The first-order chi connectivity index (χ1) is 13.5. The van der Waals surface area contributed by atoms with E-state index in [4.69, 9.17) is 9.15 Å². The summed E-state index contributed by atoms with van der Waals surface area (Å²) in [6, 6.07) is 13.8. The van der Waals surface area contributed by atoms with Gasteiger partial charge >= 0.3 is 0 Å². The van der Waals surface area contributed by atoms with Gasteiger partial charge in [-0.3, -0.25) is 4.79 Å². The third-order valence-electron chi connectivity index (χ3n) is 4.28. The zero-order valence-corrected chi connectivity index (χ0v) is 17.2. The van der Waals surface area contributed by atoms with Gasteiger partial charge in [-0.15, -0.1) is 10.2 Å². The number of thioether (sulfide) groups is 1. The zero-order valence-electron chi connectivity index (χ0n) is 16.4. The molecule has 146 valence electrons. The highest BCUT2D eigenvalue weighted by atomic mass is 32.2. The summed E-state index contributed by atoms with van der Waals surface area (Å²) < 4.78 is 11.3. The maximum absolute atomic E-state index is 12.3. The third kappa shape index (κ3) is 5.45. The van der Waals surface area contributed by atoms with Crippen molar-refractivity contribution in [3.63, 3.8) is 0 Å². The quantitative estimate of drug-likeness (QED) is 0.366. The fourth-order valence-corrected chi connectivity index (χ4v) is 3.39. The van der Waals surface area contributed by atoms with E-state index in [0.717, 1.165) is 29.7 Å². The monoisotopic (exact) mass is 396 g/mol. The first-order valence-corrected chi connectivity index (χ1v) is 10.3. The number of aryl methyl sites for hydroxylation is 3. The minimum Gasteiger partial charge on any atom is -0.484 e. The van der Waals surface area contributed by atoms with Crippen LogP contribution in [0.3, 0.4) is 0 Å². The molecular weight excluding hydrogens is 372 g/mol. The largest absolute Gasteiger partial charge is 0.484 e. The number of benzene rings is 2. The van der Waals surface area contributed by atoms with E-state index in [1.54, 1.807) is 0 Å². The van der Waals surface area contributed by atoms with Crippen molar-refractivity contribution in [1.82, 2.24) is 10.2 Å². The highest BCUT2D eigenvalue weighted by Crippen LogP contribution is 2.22. The Morgan fingerprint density at radius 3 is 2.64 bits per heavy atom. The molecule has 0 amide bonds. The van der Waals surface area contributed by atoms with E-state index in [9.17, 15) is 4.79 Å². The summed E-state index contributed by atoms with van der Waals surface area (Å²) in [6.45, 7) is 6.35. The lowest BCUT2D eigenvalue weighted by molar-refractivity contribution is 0.102. The maximum atomic E-state index is 12.3. The van der Waals surface area contributed by atoms with Crippen LogP contribution in [0.1, 0.15) is 46.3 Å². The van der Waals surface area contributed by atoms with Crippen molar-refractivity contribution in [2.24, 2.45) is 0 Å². The molecule has 0 aliphatic rings. The molecule has 0 saturated carbocycles. The van der Waals surface area contributed by atoms with Gasteiger partial charge in [-0.25, -0.2) is 0 Å². The lowest BCUT2D eigenvalue weighted by Crippen LogP contribution is -2.02. The lowest BCUT2D eigenvalue weighted by Gasteiger charge is -2.07. The fourth-order valence-electron chi connectivity index (χ4n) is 2.71. The molecule has 0 bridgehead atoms. The van der Waals surface area contributed by atoms with E-state index in [1.807, 2.05) is 56.3 Å². The van der Waals surface area contributed by atoms with Crippen LogP contribution < -0.4 is 4.74 Å². The van der Waals surface area contributed by atoms with E-state index in [1.165, 1.54) is 17.3 Å². The number of carbonyl (C=O) groups is 1. The van der Waals surface area contributed by atoms with Gasteiger partial charge in [-0.05, 0) is 43.0 Å². The molecule has 0 spiro atoms. The van der Waals surface area contributed by atoms with Gasteiger partial charge in [0.05, 0.1) is 5.75 Å².